The lowest BCUT2D eigenvalue weighted by Gasteiger charge is -2.28. The van der Waals surface area contributed by atoms with Crippen molar-refractivity contribution < 1.29 is 27.4 Å². The van der Waals surface area contributed by atoms with E-state index in [1.54, 1.807) is 16.5 Å². The number of ether oxygens (including phenoxy) is 2. The first kappa shape index (κ1) is 19.2. The van der Waals surface area contributed by atoms with E-state index in [-0.39, 0.29) is 24.5 Å². The zero-order chi connectivity index (χ0) is 18.7. The fourth-order valence-electron chi connectivity index (χ4n) is 3.45. The number of fused-ring (bicyclic) bond motifs is 1. The van der Waals surface area contributed by atoms with Crippen molar-refractivity contribution in [2.24, 2.45) is 5.92 Å². The van der Waals surface area contributed by atoms with Crippen molar-refractivity contribution in [2.45, 2.75) is 44.5 Å². The monoisotopic (exact) mass is 375 g/mol. The highest BCUT2D eigenvalue weighted by molar-refractivity contribution is 5.77. The molecule has 0 aromatic carbocycles. The maximum atomic E-state index is 12.8. The first-order valence-electron chi connectivity index (χ1n) is 8.89. The average molecular weight is 375 g/mol. The number of nitrogens with zero attached hydrogens (tertiary/aromatic N) is 3. The number of halogens is 3. The Morgan fingerprint density at radius 3 is 2.96 bits per heavy atom. The van der Waals surface area contributed by atoms with Gasteiger partial charge in [-0.3, -0.25) is 4.79 Å². The molecule has 0 bridgehead atoms. The quantitative estimate of drug-likeness (QED) is 0.764. The summed E-state index contributed by atoms with van der Waals surface area (Å²) < 4.78 is 50.7. The molecule has 2 atom stereocenters. The first-order valence-corrected chi connectivity index (χ1v) is 8.89. The predicted octanol–water partition coefficient (Wildman–Crippen LogP) is 2.12. The van der Waals surface area contributed by atoms with Crippen LogP contribution in [0.4, 0.5) is 13.2 Å². The summed E-state index contributed by atoms with van der Waals surface area (Å²) in [5, 5.41) is 0. The Morgan fingerprint density at radius 1 is 1.46 bits per heavy atom. The standard InChI is InChI=1S/C17H24F3N3O3/c1-22(16(24)11-25-10-13-3-2-6-26-13)7-12-4-5-15-21-14(17(18,19)20)9-23(15)8-12/h9,12-13H,2-8,10-11H2,1H3/t12-,13+/m0/s1. The topological polar surface area (TPSA) is 56.6 Å². The normalized spacial score (nSPS) is 23.1. The number of aromatic nitrogens is 2. The Hall–Kier alpha value is -1.61. The third kappa shape index (κ3) is 4.76. The number of alkyl halides is 3. The van der Waals surface area contributed by atoms with Crippen LogP contribution in [0, 0.1) is 5.92 Å². The second kappa shape index (κ2) is 7.96. The Morgan fingerprint density at radius 2 is 2.27 bits per heavy atom. The van der Waals surface area contributed by atoms with Crippen LogP contribution in [0.5, 0.6) is 0 Å². The van der Waals surface area contributed by atoms with E-state index in [9.17, 15) is 18.0 Å². The maximum Gasteiger partial charge on any atom is 0.434 e. The van der Waals surface area contributed by atoms with Gasteiger partial charge < -0.3 is 18.9 Å². The highest BCUT2D eigenvalue weighted by atomic mass is 19.4. The van der Waals surface area contributed by atoms with Gasteiger partial charge in [-0.2, -0.15) is 13.2 Å². The minimum absolute atomic E-state index is 0.00235. The molecule has 146 valence electrons. The molecule has 1 fully saturated rings. The van der Waals surface area contributed by atoms with Gasteiger partial charge in [0.15, 0.2) is 5.69 Å². The van der Waals surface area contributed by atoms with Crippen molar-refractivity contribution in [3.8, 4) is 0 Å². The van der Waals surface area contributed by atoms with Gasteiger partial charge in [0.2, 0.25) is 5.91 Å². The zero-order valence-electron chi connectivity index (χ0n) is 14.8. The summed E-state index contributed by atoms with van der Waals surface area (Å²) in [5.41, 5.74) is -0.847. The van der Waals surface area contributed by atoms with Gasteiger partial charge >= 0.3 is 6.18 Å². The second-order valence-electron chi connectivity index (χ2n) is 7.02. The zero-order valence-corrected chi connectivity index (χ0v) is 14.8. The van der Waals surface area contributed by atoms with Crippen LogP contribution in [0.15, 0.2) is 6.20 Å². The van der Waals surface area contributed by atoms with Crippen LogP contribution in [-0.2, 0) is 33.4 Å². The van der Waals surface area contributed by atoms with Gasteiger partial charge in [0, 0.05) is 39.4 Å². The molecule has 1 amide bonds. The lowest BCUT2D eigenvalue weighted by atomic mass is 9.99. The molecule has 0 aliphatic carbocycles. The smallest absolute Gasteiger partial charge is 0.376 e. The van der Waals surface area contributed by atoms with Crippen LogP contribution in [-0.4, -0.2) is 59.9 Å². The molecule has 26 heavy (non-hydrogen) atoms. The molecule has 1 saturated heterocycles. The SMILES string of the molecule is CN(C[C@@H]1CCc2nc(C(F)(F)F)cn2C1)C(=O)COC[C@H]1CCCO1. The molecule has 1 aromatic rings. The molecule has 3 heterocycles. The van der Waals surface area contributed by atoms with Gasteiger partial charge in [-0.15, -0.1) is 0 Å². The molecule has 2 aliphatic rings. The number of aryl methyl sites for hydroxylation is 1. The minimum Gasteiger partial charge on any atom is -0.376 e. The van der Waals surface area contributed by atoms with Crippen molar-refractivity contribution in [1.29, 1.82) is 0 Å². The van der Waals surface area contributed by atoms with Crippen molar-refractivity contribution in [3.05, 3.63) is 17.7 Å². The number of imidazole rings is 1. The minimum atomic E-state index is -4.42. The largest absolute Gasteiger partial charge is 0.434 e. The van der Waals surface area contributed by atoms with Gasteiger partial charge in [0.25, 0.3) is 0 Å². The van der Waals surface area contributed by atoms with E-state index in [1.165, 1.54) is 0 Å². The Bertz CT molecular complexity index is 627. The number of hydrogen-bond acceptors (Lipinski definition) is 4. The molecule has 3 rings (SSSR count). The van der Waals surface area contributed by atoms with Crippen LogP contribution in [0.2, 0.25) is 0 Å². The van der Waals surface area contributed by atoms with E-state index in [1.807, 2.05) is 0 Å². The van der Waals surface area contributed by atoms with E-state index in [0.717, 1.165) is 25.6 Å². The molecule has 0 N–H and O–H groups in total. The van der Waals surface area contributed by atoms with E-state index in [4.69, 9.17) is 9.47 Å². The Labute approximate surface area is 150 Å². The molecular formula is C17H24F3N3O3. The second-order valence-corrected chi connectivity index (χ2v) is 7.02. The predicted molar refractivity (Wildman–Crippen MR) is 86.5 cm³/mol. The summed E-state index contributed by atoms with van der Waals surface area (Å²) in [6.07, 6.45) is -0.106. The van der Waals surface area contributed by atoms with Gasteiger partial charge in [0.05, 0.1) is 12.7 Å². The van der Waals surface area contributed by atoms with Crippen molar-refractivity contribution in [2.75, 3.05) is 33.4 Å². The number of amides is 1. The highest BCUT2D eigenvalue weighted by Crippen LogP contribution is 2.30. The average Bonchev–Trinajstić information content (AvgIpc) is 3.22. The highest BCUT2D eigenvalue weighted by Gasteiger charge is 2.36. The lowest BCUT2D eigenvalue weighted by Crippen LogP contribution is -2.37. The van der Waals surface area contributed by atoms with Crippen LogP contribution in [0.3, 0.4) is 0 Å². The van der Waals surface area contributed by atoms with Crippen LogP contribution in [0.25, 0.3) is 0 Å². The van der Waals surface area contributed by atoms with Gasteiger partial charge in [-0.25, -0.2) is 4.98 Å². The molecule has 9 heteroatoms. The number of hydrogen-bond donors (Lipinski definition) is 0. The van der Waals surface area contributed by atoms with Crippen molar-refractivity contribution in [1.82, 2.24) is 14.5 Å². The molecule has 0 unspecified atom stereocenters. The summed E-state index contributed by atoms with van der Waals surface area (Å²) in [5.74, 6) is 0.433. The van der Waals surface area contributed by atoms with E-state index < -0.39 is 11.9 Å². The fourth-order valence-corrected chi connectivity index (χ4v) is 3.45. The molecule has 6 nitrogen and oxygen atoms in total. The fraction of sp³-hybridized carbons (Fsp3) is 0.765. The first-order chi connectivity index (χ1) is 12.3. The number of carbonyl (C=O) groups is 1. The van der Waals surface area contributed by atoms with E-state index >= 15 is 0 Å². The van der Waals surface area contributed by atoms with Gasteiger partial charge in [-0.1, -0.05) is 0 Å². The molecule has 0 saturated carbocycles. The summed E-state index contributed by atoms with van der Waals surface area (Å²) in [4.78, 5) is 17.4. The molecular weight excluding hydrogens is 351 g/mol. The number of likely N-dealkylation sites (N-methyl/N-ethyl adjacent to an activating group) is 1. The van der Waals surface area contributed by atoms with Crippen molar-refractivity contribution in [3.63, 3.8) is 0 Å². The van der Waals surface area contributed by atoms with Crippen molar-refractivity contribution >= 4 is 5.91 Å². The summed E-state index contributed by atoms with van der Waals surface area (Å²) in [7, 11) is 1.70. The summed E-state index contributed by atoms with van der Waals surface area (Å²) in [6, 6.07) is 0. The van der Waals surface area contributed by atoms with Gasteiger partial charge in [0.1, 0.15) is 12.4 Å². The number of rotatable bonds is 6. The molecule has 0 spiro atoms. The lowest BCUT2D eigenvalue weighted by molar-refractivity contribution is -0.141. The summed E-state index contributed by atoms with van der Waals surface area (Å²) >= 11 is 0. The molecule has 1 aromatic heterocycles. The van der Waals surface area contributed by atoms with Gasteiger partial charge in [-0.05, 0) is 25.2 Å². The molecule has 0 radical (unpaired) electrons. The Kier molecular flexibility index (Phi) is 5.86. The Balaban J connectivity index is 1.45. The number of carbonyl (C=O) groups excluding carboxylic acids is 1. The third-order valence-corrected chi connectivity index (χ3v) is 4.89. The van der Waals surface area contributed by atoms with Crippen LogP contribution < -0.4 is 0 Å². The third-order valence-electron chi connectivity index (χ3n) is 4.89. The van der Waals surface area contributed by atoms with E-state index in [0.29, 0.717) is 38.4 Å². The summed E-state index contributed by atoms with van der Waals surface area (Å²) in [6.45, 7) is 2.09. The van der Waals surface area contributed by atoms with Crippen LogP contribution >= 0.6 is 0 Å². The van der Waals surface area contributed by atoms with Crippen LogP contribution in [0.1, 0.15) is 30.8 Å². The molecule has 2 aliphatic heterocycles. The van der Waals surface area contributed by atoms with E-state index in [2.05, 4.69) is 4.98 Å². The maximum absolute atomic E-state index is 12.8.